The van der Waals surface area contributed by atoms with Gasteiger partial charge in [-0.3, -0.25) is 4.90 Å². The topological polar surface area (TPSA) is 55.7 Å². The minimum atomic E-state index is -0.578. The lowest BCUT2D eigenvalue weighted by Gasteiger charge is -2.33. The molecule has 0 aromatic heterocycles. The zero-order valence-electron chi connectivity index (χ0n) is 12.1. The van der Waals surface area contributed by atoms with Crippen molar-refractivity contribution < 1.29 is 10.2 Å². The molecule has 18 heavy (non-hydrogen) atoms. The Morgan fingerprint density at radius 1 is 1.28 bits per heavy atom. The highest BCUT2D eigenvalue weighted by Crippen LogP contribution is 2.27. The molecule has 0 aromatic rings. The summed E-state index contributed by atoms with van der Waals surface area (Å²) in [6.07, 6.45) is 3.86. The Balaban J connectivity index is 2.28. The molecule has 1 saturated heterocycles. The number of hydrogen-bond donors (Lipinski definition) is 3. The summed E-state index contributed by atoms with van der Waals surface area (Å²) in [5, 5.41) is 21.4. The first-order valence-electron chi connectivity index (χ1n) is 7.37. The first-order valence-corrected chi connectivity index (χ1v) is 7.37. The van der Waals surface area contributed by atoms with Crippen LogP contribution in [0.15, 0.2) is 0 Å². The number of nitrogens with zero attached hydrogens (tertiary/aromatic N) is 1. The number of aliphatic hydroxyl groups excluding tert-OH is 2. The second-order valence-corrected chi connectivity index (χ2v) is 5.66. The summed E-state index contributed by atoms with van der Waals surface area (Å²) in [7, 11) is 0. The van der Waals surface area contributed by atoms with Gasteiger partial charge in [0, 0.05) is 24.7 Å². The summed E-state index contributed by atoms with van der Waals surface area (Å²) in [6, 6.07) is 1.97. The number of nitrogens with one attached hydrogen (secondary N) is 1. The fraction of sp³-hybridized carbons (Fsp3) is 1.00. The highest BCUT2D eigenvalue weighted by molar-refractivity contribution is 4.89. The first-order chi connectivity index (χ1) is 8.60. The number of hydrogen-bond acceptors (Lipinski definition) is 4. The molecule has 0 amide bonds. The van der Waals surface area contributed by atoms with Gasteiger partial charge >= 0.3 is 0 Å². The van der Waals surface area contributed by atoms with Gasteiger partial charge in [-0.1, -0.05) is 6.92 Å². The van der Waals surface area contributed by atoms with Gasteiger partial charge in [0.25, 0.3) is 0 Å². The fourth-order valence-corrected chi connectivity index (χ4v) is 3.08. The molecule has 0 aromatic carbocycles. The van der Waals surface area contributed by atoms with E-state index in [2.05, 4.69) is 31.0 Å². The number of likely N-dealkylation sites (tertiary alicyclic amines) is 1. The van der Waals surface area contributed by atoms with Crippen LogP contribution >= 0.6 is 0 Å². The highest BCUT2D eigenvalue weighted by Gasteiger charge is 2.33. The zero-order chi connectivity index (χ0) is 13.5. The van der Waals surface area contributed by atoms with Crippen LogP contribution in [0, 0.1) is 0 Å². The van der Waals surface area contributed by atoms with E-state index < -0.39 is 6.10 Å². The van der Waals surface area contributed by atoms with Crippen molar-refractivity contribution in [2.45, 2.75) is 70.7 Å². The quantitative estimate of drug-likeness (QED) is 0.568. The molecule has 1 aliphatic heterocycles. The van der Waals surface area contributed by atoms with Crippen LogP contribution < -0.4 is 5.32 Å². The number of aliphatic hydroxyl groups is 2. The molecular formula is C14H30N2O2. The van der Waals surface area contributed by atoms with Crippen molar-refractivity contribution in [3.63, 3.8) is 0 Å². The molecule has 1 rings (SSSR count). The Kier molecular flexibility index (Phi) is 7.15. The van der Waals surface area contributed by atoms with Gasteiger partial charge in [0.1, 0.15) is 0 Å². The fourth-order valence-electron chi connectivity index (χ4n) is 3.08. The van der Waals surface area contributed by atoms with Crippen LogP contribution in [0.4, 0.5) is 0 Å². The third-order valence-electron chi connectivity index (χ3n) is 3.99. The molecule has 1 aliphatic rings. The van der Waals surface area contributed by atoms with E-state index in [-0.39, 0.29) is 6.61 Å². The van der Waals surface area contributed by atoms with Crippen molar-refractivity contribution in [1.82, 2.24) is 10.2 Å². The van der Waals surface area contributed by atoms with Gasteiger partial charge in [0.2, 0.25) is 0 Å². The molecule has 4 nitrogen and oxygen atoms in total. The SMILES string of the molecule is CCC1CCC(CNCCC(O)CO)N1C(C)C. The molecular weight excluding hydrogens is 228 g/mol. The van der Waals surface area contributed by atoms with Crippen molar-refractivity contribution >= 4 is 0 Å². The van der Waals surface area contributed by atoms with Crippen molar-refractivity contribution in [2.24, 2.45) is 0 Å². The molecule has 0 aliphatic carbocycles. The summed E-state index contributed by atoms with van der Waals surface area (Å²) in [6.45, 7) is 8.45. The lowest BCUT2D eigenvalue weighted by molar-refractivity contribution is 0.0870. The van der Waals surface area contributed by atoms with E-state index in [4.69, 9.17) is 5.11 Å². The van der Waals surface area contributed by atoms with Gasteiger partial charge in [-0.05, 0) is 46.1 Å². The first kappa shape index (κ1) is 15.9. The molecule has 108 valence electrons. The van der Waals surface area contributed by atoms with E-state index in [9.17, 15) is 5.11 Å². The van der Waals surface area contributed by atoms with Crippen molar-refractivity contribution in [2.75, 3.05) is 19.7 Å². The van der Waals surface area contributed by atoms with Crippen molar-refractivity contribution in [1.29, 1.82) is 0 Å². The van der Waals surface area contributed by atoms with Crippen LogP contribution in [0.1, 0.15) is 46.5 Å². The lowest BCUT2D eigenvalue weighted by Crippen LogP contribution is -2.45. The van der Waals surface area contributed by atoms with E-state index in [1.807, 2.05) is 0 Å². The largest absolute Gasteiger partial charge is 0.394 e. The Bertz CT molecular complexity index is 224. The summed E-state index contributed by atoms with van der Waals surface area (Å²) >= 11 is 0. The second kappa shape index (κ2) is 8.10. The molecule has 3 N–H and O–H groups in total. The standard InChI is InChI=1S/C14H30N2O2/c1-4-12-5-6-13(16(12)11(2)3)9-15-8-7-14(18)10-17/h11-15,17-18H,4-10H2,1-3H3. The van der Waals surface area contributed by atoms with Gasteiger partial charge in [-0.15, -0.1) is 0 Å². The van der Waals surface area contributed by atoms with E-state index in [0.717, 1.165) is 19.1 Å². The van der Waals surface area contributed by atoms with Gasteiger partial charge in [-0.25, -0.2) is 0 Å². The van der Waals surface area contributed by atoms with E-state index in [0.29, 0.717) is 18.5 Å². The summed E-state index contributed by atoms with van der Waals surface area (Å²) in [4.78, 5) is 2.63. The Morgan fingerprint density at radius 2 is 1.94 bits per heavy atom. The maximum atomic E-state index is 9.27. The third kappa shape index (κ3) is 4.50. The van der Waals surface area contributed by atoms with Gasteiger partial charge in [0.15, 0.2) is 0 Å². The summed E-state index contributed by atoms with van der Waals surface area (Å²) < 4.78 is 0. The smallest absolute Gasteiger partial charge is 0.0783 e. The predicted octanol–water partition coefficient (Wildman–Crippen LogP) is 0.971. The summed E-state index contributed by atoms with van der Waals surface area (Å²) in [5.74, 6) is 0. The highest BCUT2D eigenvalue weighted by atomic mass is 16.3. The monoisotopic (exact) mass is 258 g/mol. The number of rotatable bonds is 8. The van der Waals surface area contributed by atoms with E-state index in [1.165, 1.54) is 19.3 Å². The minimum Gasteiger partial charge on any atom is -0.394 e. The lowest BCUT2D eigenvalue weighted by atomic mass is 10.1. The van der Waals surface area contributed by atoms with Gasteiger partial charge < -0.3 is 15.5 Å². The average molecular weight is 258 g/mol. The third-order valence-corrected chi connectivity index (χ3v) is 3.99. The van der Waals surface area contributed by atoms with Crippen LogP contribution in [0.3, 0.4) is 0 Å². The predicted molar refractivity (Wildman–Crippen MR) is 74.7 cm³/mol. The molecule has 4 heteroatoms. The molecule has 3 unspecified atom stereocenters. The van der Waals surface area contributed by atoms with E-state index in [1.54, 1.807) is 0 Å². The molecule has 0 bridgehead atoms. The summed E-state index contributed by atoms with van der Waals surface area (Å²) in [5.41, 5.74) is 0. The molecule has 1 fully saturated rings. The second-order valence-electron chi connectivity index (χ2n) is 5.66. The molecule has 3 atom stereocenters. The normalized spacial score (nSPS) is 27.0. The Morgan fingerprint density at radius 3 is 2.50 bits per heavy atom. The van der Waals surface area contributed by atoms with Crippen LogP contribution in [0.2, 0.25) is 0 Å². The average Bonchev–Trinajstić information content (AvgIpc) is 2.77. The van der Waals surface area contributed by atoms with Crippen LogP contribution in [0.5, 0.6) is 0 Å². The maximum Gasteiger partial charge on any atom is 0.0783 e. The molecule has 0 saturated carbocycles. The van der Waals surface area contributed by atoms with Gasteiger partial charge in [0.05, 0.1) is 12.7 Å². The van der Waals surface area contributed by atoms with Gasteiger partial charge in [-0.2, -0.15) is 0 Å². The molecule has 0 radical (unpaired) electrons. The van der Waals surface area contributed by atoms with E-state index >= 15 is 0 Å². The maximum absolute atomic E-state index is 9.27. The van der Waals surface area contributed by atoms with Crippen LogP contribution in [-0.2, 0) is 0 Å². The van der Waals surface area contributed by atoms with Crippen LogP contribution in [-0.4, -0.2) is 59.0 Å². The Hall–Kier alpha value is -0.160. The molecule has 1 heterocycles. The minimum absolute atomic E-state index is 0.138. The Labute approximate surface area is 111 Å². The zero-order valence-corrected chi connectivity index (χ0v) is 12.1. The van der Waals surface area contributed by atoms with Crippen LogP contribution in [0.25, 0.3) is 0 Å². The molecule has 0 spiro atoms. The van der Waals surface area contributed by atoms with Crippen molar-refractivity contribution in [3.8, 4) is 0 Å². The van der Waals surface area contributed by atoms with Crippen molar-refractivity contribution in [3.05, 3.63) is 0 Å².